The maximum atomic E-state index is 13.6. The first kappa shape index (κ1) is 19.6. The Hall–Kier alpha value is -2.69. The minimum absolute atomic E-state index is 0.0724. The number of benzene rings is 2. The molecule has 0 aromatic heterocycles. The summed E-state index contributed by atoms with van der Waals surface area (Å²) in [5.74, 6) is -12.3. The zero-order valence-electron chi connectivity index (χ0n) is 12.6. The van der Waals surface area contributed by atoms with E-state index in [0.717, 1.165) is 0 Å². The Morgan fingerprint density at radius 2 is 1.38 bits per heavy atom. The fraction of sp³-hybridized carbons (Fsp3) is 0.0667. The molecule has 2 aromatic rings. The molecule has 26 heavy (non-hydrogen) atoms. The van der Waals surface area contributed by atoms with Crippen LogP contribution in [0.3, 0.4) is 0 Å². The van der Waals surface area contributed by atoms with E-state index in [2.05, 4.69) is 11.2 Å². The molecule has 0 aliphatic rings. The molecule has 0 heterocycles. The van der Waals surface area contributed by atoms with E-state index in [9.17, 15) is 35.8 Å². The van der Waals surface area contributed by atoms with Crippen molar-refractivity contribution in [2.45, 2.75) is 6.18 Å². The van der Waals surface area contributed by atoms with Gasteiger partial charge in [0.05, 0.1) is 0 Å². The molecule has 138 valence electrons. The van der Waals surface area contributed by atoms with Crippen molar-refractivity contribution in [2.75, 3.05) is 0 Å². The van der Waals surface area contributed by atoms with E-state index in [-0.39, 0.29) is 5.75 Å². The zero-order chi connectivity index (χ0) is 19.6. The van der Waals surface area contributed by atoms with Gasteiger partial charge in [0.15, 0.2) is 17.4 Å². The quantitative estimate of drug-likeness (QED) is 0.477. The van der Waals surface area contributed by atoms with Gasteiger partial charge in [-0.1, -0.05) is 24.8 Å². The SMILES string of the molecule is C=Cc1ccc(OB(O)Oc2c(F)c(F)c(C(F)(F)F)c(F)c2F)cc1. The van der Waals surface area contributed by atoms with Gasteiger partial charge in [-0.3, -0.25) is 0 Å². The lowest BCUT2D eigenvalue weighted by atomic mass is 10.1. The molecule has 0 unspecified atom stereocenters. The van der Waals surface area contributed by atoms with E-state index < -0.39 is 48.1 Å². The summed E-state index contributed by atoms with van der Waals surface area (Å²) in [6, 6.07) is 5.55. The second kappa shape index (κ2) is 7.28. The lowest BCUT2D eigenvalue weighted by Crippen LogP contribution is -2.31. The molecular weight excluding hydrogens is 372 g/mol. The van der Waals surface area contributed by atoms with Crippen molar-refractivity contribution >= 4 is 13.4 Å². The van der Waals surface area contributed by atoms with Crippen LogP contribution in [0.1, 0.15) is 11.1 Å². The van der Waals surface area contributed by atoms with Crippen molar-refractivity contribution in [1.82, 2.24) is 0 Å². The predicted molar refractivity (Wildman–Crippen MR) is 77.0 cm³/mol. The molecule has 0 saturated heterocycles. The third kappa shape index (κ3) is 3.93. The highest BCUT2D eigenvalue weighted by molar-refractivity contribution is 6.36. The highest BCUT2D eigenvalue weighted by Crippen LogP contribution is 2.39. The lowest BCUT2D eigenvalue weighted by Gasteiger charge is -2.16. The summed E-state index contributed by atoms with van der Waals surface area (Å²) < 4.78 is 101. The summed E-state index contributed by atoms with van der Waals surface area (Å²) in [6.45, 7) is 3.49. The molecule has 1 N–H and O–H groups in total. The normalized spacial score (nSPS) is 11.2. The van der Waals surface area contributed by atoms with Crippen LogP contribution >= 0.6 is 0 Å². The molecular formula is C15H8BF7O3. The number of halogens is 7. The van der Waals surface area contributed by atoms with Gasteiger partial charge in [0.25, 0.3) is 0 Å². The minimum Gasteiger partial charge on any atom is -0.501 e. The monoisotopic (exact) mass is 380 g/mol. The summed E-state index contributed by atoms with van der Waals surface area (Å²) >= 11 is 0. The molecule has 2 aromatic carbocycles. The second-order valence-electron chi connectivity index (χ2n) is 4.77. The molecule has 0 spiro atoms. The average molecular weight is 380 g/mol. The van der Waals surface area contributed by atoms with Crippen molar-refractivity contribution < 1.29 is 45.1 Å². The Kier molecular flexibility index (Phi) is 5.50. The molecule has 2 rings (SSSR count). The second-order valence-corrected chi connectivity index (χ2v) is 4.77. The van der Waals surface area contributed by atoms with E-state index in [1.807, 2.05) is 0 Å². The van der Waals surface area contributed by atoms with Gasteiger partial charge in [-0.15, -0.1) is 0 Å². The first-order valence-corrected chi connectivity index (χ1v) is 6.73. The Bertz CT molecular complexity index is 792. The summed E-state index contributed by atoms with van der Waals surface area (Å²) in [7, 11) is -2.47. The third-order valence-corrected chi connectivity index (χ3v) is 3.08. The predicted octanol–water partition coefficient (Wildman–Crippen LogP) is 4.34. The molecule has 0 aliphatic heterocycles. The number of rotatable bonds is 5. The van der Waals surface area contributed by atoms with E-state index in [1.165, 1.54) is 30.3 Å². The zero-order valence-corrected chi connectivity index (χ0v) is 12.6. The summed E-state index contributed by atoms with van der Waals surface area (Å²) in [4.78, 5) is 0. The Balaban J connectivity index is 2.29. The van der Waals surface area contributed by atoms with E-state index in [4.69, 9.17) is 4.65 Å². The number of hydrogen-bond acceptors (Lipinski definition) is 3. The number of alkyl halides is 3. The maximum absolute atomic E-state index is 13.6. The average Bonchev–Trinajstić information content (AvgIpc) is 2.56. The minimum atomic E-state index is -5.68. The Morgan fingerprint density at radius 1 is 0.885 bits per heavy atom. The summed E-state index contributed by atoms with van der Waals surface area (Å²) in [5.41, 5.74) is -2.09. The molecule has 0 atom stereocenters. The van der Waals surface area contributed by atoms with Crippen LogP contribution in [0.2, 0.25) is 0 Å². The topological polar surface area (TPSA) is 38.7 Å². The first-order chi connectivity index (χ1) is 12.1. The smallest absolute Gasteiger partial charge is 0.501 e. The fourth-order valence-corrected chi connectivity index (χ4v) is 1.89. The molecule has 0 radical (unpaired) electrons. The Morgan fingerprint density at radius 3 is 1.81 bits per heavy atom. The Labute approximate surface area is 142 Å². The lowest BCUT2D eigenvalue weighted by molar-refractivity contribution is -0.143. The van der Waals surface area contributed by atoms with Gasteiger partial charge in [0.1, 0.15) is 11.3 Å². The van der Waals surface area contributed by atoms with Gasteiger partial charge < -0.3 is 14.3 Å². The highest BCUT2D eigenvalue weighted by atomic mass is 19.4. The molecule has 0 fully saturated rings. The van der Waals surface area contributed by atoms with Crippen molar-refractivity contribution in [3.05, 3.63) is 65.2 Å². The van der Waals surface area contributed by atoms with E-state index in [1.54, 1.807) is 0 Å². The van der Waals surface area contributed by atoms with Crippen LogP contribution in [0.5, 0.6) is 11.5 Å². The van der Waals surface area contributed by atoms with Crippen LogP contribution in [-0.4, -0.2) is 12.3 Å². The van der Waals surface area contributed by atoms with Gasteiger partial charge in [-0.2, -0.15) is 22.0 Å². The van der Waals surface area contributed by atoms with Gasteiger partial charge in [0, 0.05) is 0 Å². The van der Waals surface area contributed by atoms with Gasteiger partial charge >= 0.3 is 13.5 Å². The van der Waals surface area contributed by atoms with Crippen LogP contribution < -0.4 is 9.31 Å². The van der Waals surface area contributed by atoms with Crippen LogP contribution in [0.25, 0.3) is 6.08 Å². The molecule has 0 amide bonds. The number of hydrogen-bond donors (Lipinski definition) is 1. The van der Waals surface area contributed by atoms with Gasteiger partial charge in [-0.05, 0) is 17.7 Å². The molecule has 0 aliphatic carbocycles. The third-order valence-electron chi connectivity index (χ3n) is 3.08. The molecule has 11 heteroatoms. The summed E-state index contributed by atoms with van der Waals surface area (Å²) in [5, 5.41) is 9.48. The highest BCUT2D eigenvalue weighted by Gasteiger charge is 2.43. The van der Waals surface area contributed by atoms with Gasteiger partial charge in [0.2, 0.25) is 11.6 Å². The summed E-state index contributed by atoms with van der Waals surface area (Å²) in [6.07, 6.45) is -4.20. The van der Waals surface area contributed by atoms with Gasteiger partial charge in [-0.25, -0.2) is 8.78 Å². The fourth-order valence-electron chi connectivity index (χ4n) is 1.89. The van der Waals surface area contributed by atoms with Crippen molar-refractivity contribution in [1.29, 1.82) is 0 Å². The molecule has 3 nitrogen and oxygen atoms in total. The van der Waals surface area contributed by atoms with E-state index in [0.29, 0.717) is 5.56 Å². The van der Waals surface area contributed by atoms with Crippen LogP contribution in [0.15, 0.2) is 30.8 Å². The maximum Gasteiger partial charge on any atom is 0.785 e. The first-order valence-electron chi connectivity index (χ1n) is 6.73. The van der Waals surface area contributed by atoms with Crippen LogP contribution in [-0.2, 0) is 6.18 Å². The standard InChI is InChI=1S/C15H8BF7O3/c1-2-7-3-5-8(6-4-7)25-16(24)26-14-12(19)10(17)9(15(21,22)23)11(18)13(14)20/h2-6,24H,1H2. The van der Waals surface area contributed by atoms with Crippen molar-refractivity contribution in [3.63, 3.8) is 0 Å². The van der Waals surface area contributed by atoms with Crippen LogP contribution in [0, 0.1) is 23.3 Å². The van der Waals surface area contributed by atoms with Crippen molar-refractivity contribution in [2.24, 2.45) is 0 Å². The largest absolute Gasteiger partial charge is 0.785 e. The molecule has 0 saturated carbocycles. The van der Waals surface area contributed by atoms with Crippen molar-refractivity contribution in [3.8, 4) is 11.5 Å². The van der Waals surface area contributed by atoms with Crippen LogP contribution in [0.4, 0.5) is 30.7 Å². The van der Waals surface area contributed by atoms with E-state index >= 15 is 0 Å². The molecule has 0 bridgehead atoms.